The maximum atomic E-state index is 13.2. The zero-order valence-corrected chi connectivity index (χ0v) is 17.6. The van der Waals surface area contributed by atoms with E-state index in [-0.39, 0.29) is 12.0 Å². The molecule has 156 valence electrons. The predicted molar refractivity (Wildman–Crippen MR) is 115 cm³/mol. The first-order valence-corrected chi connectivity index (χ1v) is 10.8. The minimum absolute atomic E-state index is 0.0181. The molecule has 1 saturated heterocycles. The molecule has 1 aliphatic rings. The second-order valence-corrected chi connectivity index (χ2v) is 7.92. The number of fused-ring (bicyclic) bond motifs is 1. The fraction of sp³-hybridized carbons (Fsp3) is 0.318. The molecular weight excluding hydrogens is 402 g/mol. The summed E-state index contributed by atoms with van der Waals surface area (Å²) >= 11 is 1.47. The average Bonchev–Trinajstić information content (AvgIpc) is 3.04. The molecule has 3 aromatic rings. The first kappa shape index (κ1) is 20.3. The van der Waals surface area contributed by atoms with Crippen LogP contribution >= 0.6 is 11.8 Å². The van der Waals surface area contributed by atoms with Gasteiger partial charge in [0.05, 0.1) is 7.11 Å². The number of oxazole rings is 1. The summed E-state index contributed by atoms with van der Waals surface area (Å²) in [5, 5.41) is 0.585. The monoisotopic (exact) mass is 425 g/mol. The SMILES string of the molecule is COC(=O)N1CCCN(C(=O)c2ccccc2CSc2nc3ccccc3o2)CC1. The number of benzene rings is 2. The number of hydrogen-bond acceptors (Lipinski definition) is 6. The Bertz CT molecular complexity index is 1020. The van der Waals surface area contributed by atoms with Gasteiger partial charge in [-0.15, -0.1) is 0 Å². The number of rotatable bonds is 4. The van der Waals surface area contributed by atoms with Crippen LogP contribution in [0.2, 0.25) is 0 Å². The topological polar surface area (TPSA) is 75.9 Å². The van der Waals surface area contributed by atoms with E-state index >= 15 is 0 Å². The first-order chi connectivity index (χ1) is 14.7. The molecule has 1 aromatic heterocycles. The molecule has 0 atom stereocenters. The number of aromatic nitrogens is 1. The largest absolute Gasteiger partial charge is 0.453 e. The zero-order chi connectivity index (χ0) is 20.9. The lowest BCUT2D eigenvalue weighted by molar-refractivity contribution is 0.0756. The van der Waals surface area contributed by atoms with E-state index in [4.69, 9.17) is 9.15 Å². The normalized spacial score (nSPS) is 14.6. The summed E-state index contributed by atoms with van der Waals surface area (Å²) in [6.07, 6.45) is 0.375. The summed E-state index contributed by atoms with van der Waals surface area (Å²) in [4.78, 5) is 32.9. The molecule has 4 rings (SSSR count). The van der Waals surface area contributed by atoms with Crippen LogP contribution in [0.25, 0.3) is 11.1 Å². The summed E-state index contributed by atoms with van der Waals surface area (Å²) in [6.45, 7) is 2.16. The number of para-hydroxylation sites is 2. The fourth-order valence-corrected chi connectivity index (χ4v) is 4.35. The molecule has 0 bridgehead atoms. The molecule has 30 heavy (non-hydrogen) atoms. The van der Waals surface area contributed by atoms with Crippen molar-refractivity contribution in [3.63, 3.8) is 0 Å². The highest BCUT2D eigenvalue weighted by Gasteiger charge is 2.24. The minimum Gasteiger partial charge on any atom is -0.453 e. The van der Waals surface area contributed by atoms with Gasteiger partial charge in [0.15, 0.2) is 5.58 Å². The van der Waals surface area contributed by atoms with Crippen molar-refractivity contribution >= 4 is 34.9 Å². The molecule has 8 heteroatoms. The van der Waals surface area contributed by atoms with E-state index in [2.05, 4.69) is 4.98 Å². The van der Waals surface area contributed by atoms with Crippen LogP contribution in [0, 0.1) is 0 Å². The maximum Gasteiger partial charge on any atom is 0.409 e. The van der Waals surface area contributed by atoms with Crippen LogP contribution in [0.3, 0.4) is 0 Å². The Morgan fingerprint density at radius 3 is 2.60 bits per heavy atom. The van der Waals surface area contributed by atoms with Gasteiger partial charge in [-0.25, -0.2) is 9.78 Å². The van der Waals surface area contributed by atoms with E-state index in [0.717, 1.165) is 23.1 Å². The van der Waals surface area contributed by atoms with Gasteiger partial charge in [0.25, 0.3) is 11.1 Å². The molecule has 7 nitrogen and oxygen atoms in total. The predicted octanol–water partition coefficient (Wildman–Crippen LogP) is 4.03. The van der Waals surface area contributed by atoms with Crippen LogP contribution < -0.4 is 0 Å². The van der Waals surface area contributed by atoms with Crippen LogP contribution in [-0.2, 0) is 10.5 Å². The lowest BCUT2D eigenvalue weighted by Crippen LogP contribution is -2.37. The molecule has 0 aliphatic carbocycles. The number of carbonyl (C=O) groups excluding carboxylic acids is 2. The molecule has 0 spiro atoms. The van der Waals surface area contributed by atoms with Gasteiger partial charge in [-0.1, -0.05) is 42.1 Å². The summed E-state index contributed by atoms with van der Waals surface area (Å²) in [5.41, 5.74) is 3.18. The molecule has 0 unspecified atom stereocenters. The van der Waals surface area contributed by atoms with Gasteiger partial charge in [-0.2, -0.15) is 0 Å². The number of ether oxygens (including phenoxy) is 1. The lowest BCUT2D eigenvalue weighted by Gasteiger charge is -2.22. The van der Waals surface area contributed by atoms with Crippen molar-refractivity contribution < 1.29 is 18.7 Å². The van der Waals surface area contributed by atoms with Gasteiger partial charge in [-0.05, 0) is 30.2 Å². The molecule has 1 aliphatic heterocycles. The quantitative estimate of drug-likeness (QED) is 0.588. The van der Waals surface area contributed by atoms with Crippen molar-refractivity contribution in [3.05, 3.63) is 59.7 Å². The Hall–Kier alpha value is -3.00. The lowest BCUT2D eigenvalue weighted by atomic mass is 10.1. The van der Waals surface area contributed by atoms with E-state index in [0.29, 0.717) is 42.7 Å². The molecular formula is C22H23N3O4S. The number of methoxy groups -OCH3 is 1. The van der Waals surface area contributed by atoms with Crippen molar-refractivity contribution in [2.75, 3.05) is 33.3 Å². The molecule has 1 fully saturated rings. The first-order valence-electron chi connectivity index (χ1n) is 9.84. The van der Waals surface area contributed by atoms with Crippen LogP contribution in [0.15, 0.2) is 58.2 Å². The number of amides is 2. The minimum atomic E-state index is -0.348. The summed E-state index contributed by atoms with van der Waals surface area (Å²) in [5.74, 6) is 0.562. The van der Waals surface area contributed by atoms with Crippen molar-refractivity contribution in [1.82, 2.24) is 14.8 Å². The number of carbonyl (C=O) groups is 2. The van der Waals surface area contributed by atoms with Crippen molar-refractivity contribution in [1.29, 1.82) is 0 Å². The van der Waals surface area contributed by atoms with Crippen LogP contribution in [0.1, 0.15) is 22.3 Å². The molecule has 2 heterocycles. The van der Waals surface area contributed by atoms with Gasteiger partial charge in [0.1, 0.15) is 5.52 Å². The van der Waals surface area contributed by atoms with E-state index < -0.39 is 0 Å². The van der Waals surface area contributed by atoms with Crippen LogP contribution in [0.4, 0.5) is 4.79 Å². The maximum absolute atomic E-state index is 13.2. The number of thioether (sulfide) groups is 1. The molecule has 0 radical (unpaired) electrons. The fourth-order valence-electron chi connectivity index (χ4n) is 3.51. The van der Waals surface area contributed by atoms with Gasteiger partial charge in [0, 0.05) is 37.5 Å². The van der Waals surface area contributed by atoms with Gasteiger partial charge >= 0.3 is 6.09 Å². The van der Waals surface area contributed by atoms with Crippen molar-refractivity contribution in [3.8, 4) is 0 Å². The molecule has 0 saturated carbocycles. The highest BCUT2D eigenvalue weighted by Crippen LogP contribution is 2.27. The third-order valence-electron chi connectivity index (χ3n) is 5.09. The standard InChI is InChI=1S/C22H23N3O4S/c1-28-22(27)25-12-6-11-24(13-14-25)20(26)17-8-3-2-7-16(17)15-30-21-23-18-9-4-5-10-19(18)29-21/h2-5,7-10H,6,11-15H2,1H3. The van der Waals surface area contributed by atoms with Crippen LogP contribution in [0.5, 0.6) is 0 Å². The third-order valence-corrected chi connectivity index (χ3v) is 5.97. The summed E-state index contributed by atoms with van der Waals surface area (Å²) in [7, 11) is 1.38. The van der Waals surface area contributed by atoms with E-state index in [1.807, 2.05) is 53.4 Å². The Kier molecular flexibility index (Phi) is 6.23. The Morgan fingerprint density at radius 2 is 1.77 bits per heavy atom. The van der Waals surface area contributed by atoms with Gasteiger partial charge in [-0.3, -0.25) is 4.79 Å². The highest BCUT2D eigenvalue weighted by molar-refractivity contribution is 7.98. The second kappa shape index (κ2) is 9.21. The zero-order valence-electron chi connectivity index (χ0n) is 16.7. The van der Waals surface area contributed by atoms with E-state index in [1.165, 1.54) is 18.9 Å². The average molecular weight is 426 g/mol. The summed E-state index contributed by atoms with van der Waals surface area (Å²) in [6, 6.07) is 15.3. The van der Waals surface area contributed by atoms with E-state index in [9.17, 15) is 9.59 Å². The molecule has 2 aromatic carbocycles. The summed E-state index contributed by atoms with van der Waals surface area (Å²) < 4.78 is 10.6. The Balaban J connectivity index is 1.45. The van der Waals surface area contributed by atoms with Crippen LogP contribution in [-0.4, -0.2) is 60.1 Å². The Labute approximate surface area is 179 Å². The third kappa shape index (κ3) is 4.43. The van der Waals surface area contributed by atoms with Crippen molar-refractivity contribution in [2.45, 2.75) is 17.4 Å². The smallest absolute Gasteiger partial charge is 0.409 e. The van der Waals surface area contributed by atoms with Crippen molar-refractivity contribution in [2.24, 2.45) is 0 Å². The molecule has 0 N–H and O–H groups in total. The van der Waals surface area contributed by atoms with Gasteiger partial charge < -0.3 is 19.0 Å². The number of hydrogen-bond donors (Lipinski definition) is 0. The second-order valence-electron chi connectivity index (χ2n) is 7.00. The number of nitrogens with zero attached hydrogens (tertiary/aromatic N) is 3. The van der Waals surface area contributed by atoms with E-state index in [1.54, 1.807) is 4.90 Å². The highest BCUT2D eigenvalue weighted by atomic mass is 32.2. The van der Waals surface area contributed by atoms with Gasteiger partial charge in [0.2, 0.25) is 0 Å². The Morgan fingerprint density at radius 1 is 1.03 bits per heavy atom. The molecule has 2 amide bonds.